The van der Waals surface area contributed by atoms with Gasteiger partial charge in [-0.2, -0.15) is 0 Å². The van der Waals surface area contributed by atoms with Crippen LogP contribution in [0.5, 0.6) is 5.75 Å². The van der Waals surface area contributed by atoms with E-state index >= 15 is 0 Å². The van der Waals surface area contributed by atoms with Crippen LogP contribution in [0, 0.1) is 0 Å². The van der Waals surface area contributed by atoms with E-state index in [1.54, 1.807) is 18.9 Å². The van der Waals surface area contributed by atoms with Gasteiger partial charge in [-0.1, -0.05) is 18.2 Å². The van der Waals surface area contributed by atoms with E-state index in [0.717, 1.165) is 26.2 Å². The average molecular weight is 351 g/mol. The second-order valence-electron chi connectivity index (χ2n) is 4.30. The number of hydrogen-bond acceptors (Lipinski definition) is 3. The molecular formula is C16H15BrO2S. The maximum Gasteiger partial charge on any atom is 0.167 e. The first-order valence-corrected chi connectivity index (χ1v) is 8.15. The van der Waals surface area contributed by atoms with E-state index < -0.39 is 0 Å². The first-order valence-electron chi connectivity index (χ1n) is 6.13. The molecule has 2 rings (SSSR count). The molecule has 0 heterocycles. The van der Waals surface area contributed by atoms with Gasteiger partial charge in [0.2, 0.25) is 0 Å². The molecule has 2 nitrogen and oxygen atoms in total. The van der Waals surface area contributed by atoms with Crippen molar-refractivity contribution in [2.75, 3.05) is 13.4 Å². The van der Waals surface area contributed by atoms with Gasteiger partial charge in [0.25, 0.3) is 0 Å². The van der Waals surface area contributed by atoms with Crippen molar-refractivity contribution in [2.45, 2.75) is 11.3 Å². The molecule has 0 saturated carbocycles. The Labute approximate surface area is 131 Å². The quantitative estimate of drug-likeness (QED) is 0.582. The fourth-order valence-electron chi connectivity index (χ4n) is 1.88. The highest BCUT2D eigenvalue weighted by molar-refractivity contribution is 9.10. The van der Waals surface area contributed by atoms with Crippen LogP contribution in [0.1, 0.15) is 15.9 Å². The van der Waals surface area contributed by atoms with Crippen LogP contribution >= 0.6 is 27.7 Å². The van der Waals surface area contributed by atoms with Crippen molar-refractivity contribution in [2.24, 2.45) is 0 Å². The molecule has 0 saturated heterocycles. The molecule has 0 bridgehead atoms. The molecule has 0 amide bonds. The normalized spacial score (nSPS) is 10.3. The average Bonchev–Trinajstić information content (AvgIpc) is 2.47. The topological polar surface area (TPSA) is 26.3 Å². The molecule has 0 radical (unpaired) electrons. The summed E-state index contributed by atoms with van der Waals surface area (Å²) in [6, 6.07) is 13.4. The minimum atomic E-state index is 0.120. The van der Waals surface area contributed by atoms with E-state index in [0.29, 0.717) is 6.42 Å². The summed E-state index contributed by atoms with van der Waals surface area (Å²) in [6.07, 6.45) is 2.41. The zero-order valence-corrected chi connectivity index (χ0v) is 13.8. The lowest BCUT2D eigenvalue weighted by atomic mass is 10.0. The largest absolute Gasteiger partial charge is 0.496 e. The van der Waals surface area contributed by atoms with E-state index in [-0.39, 0.29) is 5.78 Å². The maximum atomic E-state index is 12.2. The van der Waals surface area contributed by atoms with Gasteiger partial charge in [0.05, 0.1) is 11.6 Å². The number of halogens is 1. The Kier molecular flexibility index (Phi) is 5.26. The number of methoxy groups -OCH3 is 1. The summed E-state index contributed by atoms with van der Waals surface area (Å²) in [5, 5.41) is 0. The van der Waals surface area contributed by atoms with Crippen molar-refractivity contribution in [3.8, 4) is 5.75 Å². The summed E-state index contributed by atoms with van der Waals surface area (Å²) in [5.74, 6) is 0.889. The van der Waals surface area contributed by atoms with Crippen LogP contribution in [0.15, 0.2) is 51.8 Å². The molecule has 0 unspecified atom stereocenters. The number of Topliss-reactive ketones (excluding diaryl/α,β-unsaturated/α-hetero) is 1. The van der Waals surface area contributed by atoms with Crippen molar-refractivity contribution >= 4 is 33.5 Å². The molecule has 2 aromatic carbocycles. The predicted molar refractivity (Wildman–Crippen MR) is 87.0 cm³/mol. The SMILES string of the molecule is COc1ccc(CC(=O)c2ccc(SC)cc2)cc1Br. The third-order valence-electron chi connectivity index (χ3n) is 2.99. The zero-order valence-electron chi connectivity index (χ0n) is 11.4. The highest BCUT2D eigenvalue weighted by atomic mass is 79.9. The Morgan fingerprint density at radius 2 is 1.90 bits per heavy atom. The second kappa shape index (κ2) is 6.95. The van der Waals surface area contributed by atoms with Crippen LogP contribution in [0.25, 0.3) is 0 Å². The maximum absolute atomic E-state index is 12.2. The molecule has 104 valence electrons. The van der Waals surface area contributed by atoms with Gasteiger partial charge in [-0.3, -0.25) is 4.79 Å². The second-order valence-corrected chi connectivity index (χ2v) is 6.03. The third-order valence-corrected chi connectivity index (χ3v) is 4.36. The number of ether oxygens (including phenoxy) is 1. The molecular weight excluding hydrogens is 336 g/mol. The number of rotatable bonds is 5. The standard InChI is InChI=1S/C16H15BrO2S/c1-19-16-8-3-11(9-14(16)17)10-15(18)12-4-6-13(20-2)7-5-12/h3-9H,10H2,1-2H3. The number of hydrogen-bond donors (Lipinski definition) is 0. The van der Waals surface area contributed by atoms with E-state index in [9.17, 15) is 4.79 Å². The van der Waals surface area contributed by atoms with Gasteiger partial charge in [-0.05, 0) is 52.0 Å². The zero-order chi connectivity index (χ0) is 14.5. The minimum Gasteiger partial charge on any atom is -0.496 e. The molecule has 0 N–H and O–H groups in total. The van der Waals surface area contributed by atoms with Gasteiger partial charge in [0, 0.05) is 16.9 Å². The monoisotopic (exact) mass is 350 g/mol. The lowest BCUT2D eigenvalue weighted by Crippen LogP contribution is -2.03. The molecule has 4 heteroatoms. The van der Waals surface area contributed by atoms with Crippen LogP contribution < -0.4 is 4.74 Å². The van der Waals surface area contributed by atoms with Crippen LogP contribution in [-0.2, 0) is 6.42 Å². The van der Waals surface area contributed by atoms with Gasteiger partial charge < -0.3 is 4.74 Å². The fraction of sp³-hybridized carbons (Fsp3) is 0.188. The Morgan fingerprint density at radius 3 is 2.45 bits per heavy atom. The summed E-state index contributed by atoms with van der Waals surface area (Å²) in [6.45, 7) is 0. The lowest BCUT2D eigenvalue weighted by molar-refractivity contribution is 0.0993. The van der Waals surface area contributed by atoms with Crippen molar-refractivity contribution < 1.29 is 9.53 Å². The first kappa shape index (κ1) is 15.1. The Hall–Kier alpha value is -1.26. The Bertz CT molecular complexity index is 608. The number of carbonyl (C=O) groups is 1. The Balaban J connectivity index is 2.12. The van der Waals surface area contributed by atoms with Gasteiger partial charge in [-0.15, -0.1) is 11.8 Å². The van der Waals surface area contributed by atoms with Crippen LogP contribution in [0.3, 0.4) is 0 Å². The van der Waals surface area contributed by atoms with Gasteiger partial charge in [0.1, 0.15) is 5.75 Å². The molecule has 0 aliphatic rings. The summed E-state index contributed by atoms with van der Waals surface area (Å²) < 4.78 is 6.04. The van der Waals surface area contributed by atoms with Crippen LogP contribution in [-0.4, -0.2) is 19.1 Å². The van der Waals surface area contributed by atoms with Gasteiger partial charge >= 0.3 is 0 Å². The van der Waals surface area contributed by atoms with E-state index in [1.165, 1.54) is 0 Å². The highest BCUT2D eigenvalue weighted by Crippen LogP contribution is 2.26. The summed E-state index contributed by atoms with van der Waals surface area (Å²) in [7, 11) is 1.62. The van der Waals surface area contributed by atoms with Crippen molar-refractivity contribution in [1.29, 1.82) is 0 Å². The first-order chi connectivity index (χ1) is 9.63. The molecule has 0 fully saturated rings. The highest BCUT2D eigenvalue weighted by Gasteiger charge is 2.09. The van der Waals surface area contributed by atoms with Gasteiger partial charge in [-0.25, -0.2) is 0 Å². The summed E-state index contributed by atoms with van der Waals surface area (Å²) >= 11 is 5.10. The van der Waals surface area contributed by atoms with E-state index in [4.69, 9.17) is 4.74 Å². The number of ketones is 1. The van der Waals surface area contributed by atoms with Crippen LogP contribution in [0.4, 0.5) is 0 Å². The lowest BCUT2D eigenvalue weighted by Gasteiger charge is -2.06. The summed E-state index contributed by atoms with van der Waals surface area (Å²) in [4.78, 5) is 13.4. The smallest absolute Gasteiger partial charge is 0.167 e. The van der Waals surface area contributed by atoms with E-state index in [1.807, 2.05) is 48.7 Å². The number of carbonyl (C=O) groups excluding carboxylic acids is 1. The Morgan fingerprint density at radius 1 is 1.20 bits per heavy atom. The van der Waals surface area contributed by atoms with Crippen molar-refractivity contribution in [3.63, 3.8) is 0 Å². The number of benzene rings is 2. The third kappa shape index (κ3) is 3.64. The fourth-order valence-corrected chi connectivity index (χ4v) is 2.88. The molecule has 2 aromatic rings. The minimum absolute atomic E-state index is 0.120. The molecule has 0 aliphatic heterocycles. The van der Waals surface area contributed by atoms with Gasteiger partial charge in [0.15, 0.2) is 5.78 Å². The van der Waals surface area contributed by atoms with E-state index in [2.05, 4.69) is 15.9 Å². The predicted octanol–water partition coefficient (Wildman–Crippen LogP) is 4.61. The number of thioether (sulfide) groups is 1. The van der Waals surface area contributed by atoms with Crippen molar-refractivity contribution in [1.82, 2.24) is 0 Å². The molecule has 20 heavy (non-hydrogen) atoms. The molecule has 0 atom stereocenters. The summed E-state index contributed by atoms with van der Waals surface area (Å²) in [5.41, 5.74) is 1.71. The van der Waals surface area contributed by atoms with Crippen LogP contribution in [0.2, 0.25) is 0 Å². The van der Waals surface area contributed by atoms with Crippen molar-refractivity contribution in [3.05, 3.63) is 58.1 Å². The molecule has 0 spiro atoms. The molecule has 0 aromatic heterocycles. The molecule has 0 aliphatic carbocycles.